The van der Waals surface area contributed by atoms with E-state index in [9.17, 15) is 22.4 Å². The summed E-state index contributed by atoms with van der Waals surface area (Å²) < 4.78 is 55.1. The van der Waals surface area contributed by atoms with E-state index in [2.05, 4.69) is 5.16 Å². The average Bonchev–Trinajstić information content (AvgIpc) is 2.70. The highest BCUT2D eigenvalue weighted by molar-refractivity contribution is 6.12. The van der Waals surface area contributed by atoms with Crippen molar-refractivity contribution in [3.63, 3.8) is 0 Å². The average molecular weight is 424 g/mol. The van der Waals surface area contributed by atoms with Gasteiger partial charge in [-0.2, -0.15) is 0 Å². The van der Waals surface area contributed by atoms with Crippen molar-refractivity contribution in [2.45, 2.75) is 12.8 Å². The summed E-state index contributed by atoms with van der Waals surface area (Å²) in [5, 5.41) is 13.0. The van der Waals surface area contributed by atoms with Gasteiger partial charge in [-0.05, 0) is 43.7 Å². The van der Waals surface area contributed by atoms with Crippen molar-refractivity contribution in [1.29, 1.82) is 0 Å². The molecule has 5 nitrogen and oxygen atoms in total. The van der Waals surface area contributed by atoms with E-state index >= 15 is 0 Å². The van der Waals surface area contributed by atoms with Crippen LogP contribution in [0.15, 0.2) is 41.6 Å². The van der Waals surface area contributed by atoms with Crippen LogP contribution in [0.1, 0.15) is 24.0 Å². The van der Waals surface area contributed by atoms with Crippen LogP contribution in [-0.2, 0) is 9.63 Å². The van der Waals surface area contributed by atoms with Gasteiger partial charge < -0.3 is 9.94 Å². The Balaban J connectivity index is 1.77. The van der Waals surface area contributed by atoms with Gasteiger partial charge >= 0.3 is 5.97 Å². The van der Waals surface area contributed by atoms with Crippen molar-refractivity contribution in [2.75, 3.05) is 26.2 Å². The van der Waals surface area contributed by atoms with E-state index in [1.807, 2.05) is 4.90 Å². The Morgan fingerprint density at radius 2 is 1.67 bits per heavy atom. The van der Waals surface area contributed by atoms with E-state index in [1.54, 1.807) is 0 Å². The van der Waals surface area contributed by atoms with E-state index in [-0.39, 0.29) is 23.4 Å². The van der Waals surface area contributed by atoms with Crippen molar-refractivity contribution >= 4 is 11.7 Å². The van der Waals surface area contributed by atoms with Crippen molar-refractivity contribution in [1.82, 2.24) is 4.90 Å². The second-order valence-corrected chi connectivity index (χ2v) is 7.00. The largest absolute Gasteiger partial charge is 0.481 e. The molecule has 0 spiro atoms. The van der Waals surface area contributed by atoms with Gasteiger partial charge in [0, 0.05) is 36.3 Å². The summed E-state index contributed by atoms with van der Waals surface area (Å²) in [4.78, 5) is 18.3. The lowest BCUT2D eigenvalue weighted by Gasteiger charge is -2.29. The molecule has 1 N–H and O–H groups in total. The third-order valence-corrected chi connectivity index (χ3v) is 4.88. The van der Waals surface area contributed by atoms with Gasteiger partial charge in [0.1, 0.15) is 35.6 Å². The van der Waals surface area contributed by atoms with Crippen LogP contribution in [0.3, 0.4) is 0 Å². The number of likely N-dealkylation sites (tertiary alicyclic amines) is 1. The topological polar surface area (TPSA) is 62.1 Å². The summed E-state index contributed by atoms with van der Waals surface area (Å²) in [6.45, 7) is 1.51. The Bertz CT molecular complexity index is 898. The van der Waals surface area contributed by atoms with Crippen LogP contribution < -0.4 is 0 Å². The smallest absolute Gasteiger partial charge is 0.307 e. The van der Waals surface area contributed by atoms with Crippen molar-refractivity contribution in [2.24, 2.45) is 11.1 Å². The zero-order valence-electron chi connectivity index (χ0n) is 16.0. The van der Waals surface area contributed by atoms with E-state index in [1.165, 1.54) is 0 Å². The molecule has 0 saturated carbocycles. The maximum atomic E-state index is 14.3. The zero-order chi connectivity index (χ0) is 21.7. The highest BCUT2D eigenvalue weighted by atomic mass is 19.1. The molecule has 0 bridgehead atoms. The molecule has 160 valence electrons. The fraction of sp³-hybridized carbons (Fsp3) is 0.333. The number of benzene rings is 2. The standard InChI is InChI=1S/C21H20F4N2O3/c22-14-3-5-16(18(24)10-14)20(17-6-4-15(23)11-19(17)25)26-30-9-8-27-7-1-2-13(12-27)21(28)29/h3-6,10-11,13H,1-2,7-9,12H2,(H,28,29)/t13-/m1/s1. The highest BCUT2D eigenvalue weighted by Crippen LogP contribution is 2.20. The fourth-order valence-electron chi connectivity index (χ4n) is 3.35. The first-order chi connectivity index (χ1) is 14.3. The number of oxime groups is 1. The minimum Gasteiger partial charge on any atom is -0.481 e. The molecule has 0 aromatic heterocycles. The molecule has 3 rings (SSSR count). The molecule has 9 heteroatoms. The third-order valence-electron chi connectivity index (χ3n) is 4.88. The van der Waals surface area contributed by atoms with Gasteiger partial charge in [0.2, 0.25) is 0 Å². The second-order valence-electron chi connectivity index (χ2n) is 7.00. The number of hydrogen-bond acceptors (Lipinski definition) is 4. The third kappa shape index (κ3) is 5.35. The fourth-order valence-corrected chi connectivity index (χ4v) is 3.35. The molecule has 1 heterocycles. The number of hydrogen-bond donors (Lipinski definition) is 1. The first-order valence-electron chi connectivity index (χ1n) is 9.41. The molecule has 0 unspecified atom stereocenters. The van der Waals surface area contributed by atoms with Crippen molar-refractivity contribution in [3.8, 4) is 0 Å². The molecule has 0 aliphatic carbocycles. The van der Waals surface area contributed by atoms with Gasteiger partial charge in [-0.3, -0.25) is 9.69 Å². The maximum absolute atomic E-state index is 14.3. The Morgan fingerprint density at radius 3 is 2.20 bits per heavy atom. The summed E-state index contributed by atoms with van der Waals surface area (Å²) in [5.74, 6) is -4.86. The van der Waals surface area contributed by atoms with Crippen molar-refractivity contribution < 1.29 is 32.3 Å². The highest BCUT2D eigenvalue weighted by Gasteiger charge is 2.25. The molecule has 1 fully saturated rings. The van der Waals surface area contributed by atoms with Gasteiger partial charge in [0.15, 0.2) is 0 Å². The molecule has 1 aliphatic heterocycles. The van der Waals surface area contributed by atoms with E-state index in [4.69, 9.17) is 9.94 Å². The number of carboxylic acids is 1. The van der Waals surface area contributed by atoms with Crippen LogP contribution >= 0.6 is 0 Å². The number of carboxylic acid groups (broad SMARTS) is 1. The van der Waals surface area contributed by atoms with Gasteiger partial charge in [-0.25, -0.2) is 17.6 Å². The molecule has 30 heavy (non-hydrogen) atoms. The molecule has 0 radical (unpaired) electrons. The van der Waals surface area contributed by atoms with Gasteiger partial charge in [0.05, 0.1) is 5.92 Å². The van der Waals surface area contributed by atoms with Gasteiger partial charge in [-0.1, -0.05) is 5.16 Å². The van der Waals surface area contributed by atoms with Crippen LogP contribution in [0.25, 0.3) is 0 Å². The number of aliphatic carboxylic acids is 1. The number of nitrogens with zero attached hydrogens (tertiary/aromatic N) is 2. The number of carbonyl (C=O) groups is 1. The van der Waals surface area contributed by atoms with E-state index in [0.29, 0.717) is 38.2 Å². The molecule has 1 saturated heterocycles. The van der Waals surface area contributed by atoms with E-state index < -0.39 is 35.2 Å². The first kappa shape index (κ1) is 21.8. The molecule has 0 amide bonds. The van der Waals surface area contributed by atoms with Crippen molar-refractivity contribution in [3.05, 3.63) is 70.8 Å². The molecular formula is C21H20F4N2O3. The summed E-state index contributed by atoms with van der Waals surface area (Å²) in [7, 11) is 0. The summed E-state index contributed by atoms with van der Waals surface area (Å²) in [6, 6.07) is 5.44. The Morgan fingerprint density at radius 1 is 1.07 bits per heavy atom. The Labute approximate surface area is 170 Å². The van der Waals surface area contributed by atoms with Crippen LogP contribution in [0.5, 0.6) is 0 Å². The normalized spacial score (nSPS) is 16.9. The lowest BCUT2D eigenvalue weighted by molar-refractivity contribution is -0.143. The summed E-state index contributed by atoms with van der Waals surface area (Å²) in [6.07, 6.45) is 1.36. The summed E-state index contributed by atoms with van der Waals surface area (Å²) >= 11 is 0. The predicted octanol–water partition coefficient (Wildman–Crippen LogP) is 3.81. The lowest BCUT2D eigenvalue weighted by atomic mass is 9.98. The second kappa shape index (κ2) is 9.71. The molecule has 2 aromatic rings. The van der Waals surface area contributed by atoms with Crippen LogP contribution in [0.2, 0.25) is 0 Å². The molecule has 2 aromatic carbocycles. The number of piperidine rings is 1. The van der Waals surface area contributed by atoms with Gasteiger partial charge in [0.25, 0.3) is 0 Å². The van der Waals surface area contributed by atoms with Crippen LogP contribution in [0, 0.1) is 29.2 Å². The number of halogens is 4. The maximum Gasteiger partial charge on any atom is 0.307 e. The van der Waals surface area contributed by atoms with Gasteiger partial charge in [-0.15, -0.1) is 0 Å². The summed E-state index contributed by atoms with van der Waals surface area (Å²) in [5.41, 5.74) is -0.649. The minimum atomic E-state index is -0.971. The van der Waals surface area contributed by atoms with E-state index in [0.717, 1.165) is 30.7 Å². The first-order valence-corrected chi connectivity index (χ1v) is 9.41. The van der Waals surface area contributed by atoms with Crippen LogP contribution in [-0.4, -0.2) is 47.9 Å². The molecular weight excluding hydrogens is 404 g/mol. The molecule has 1 aliphatic rings. The van der Waals surface area contributed by atoms with Crippen LogP contribution in [0.4, 0.5) is 17.6 Å². The lowest BCUT2D eigenvalue weighted by Crippen LogP contribution is -2.40. The zero-order valence-corrected chi connectivity index (χ0v) is 16.0. The minimum absolute atomic E-state index is 0.0431. The quantitative estimate of drug-likeness (QED) is 0.318. The monoisotopic (exact) mass is 424 g/mol. The Hall–Kier alpha value is -2.94. The molecule has 1 atom stereocenters. The SMILES string of the molecule is O=C(O)[C@@H]1CCCN(CCON=C(c2ccc(F)cc2F)c2ccc(F)cc2F)C1. The Kier molecular flexibility index (Phi) is 7.04. The predicted molar refractivity (Wildman–Crippen MR) is 101 cm³/mol. The number of rotatable bonds is 7.